The molecule has 9 heteroatoms. The number of sulfonamides is 1. The van der Waals surface area contributed by atoms with Gasteiger partial charge < -0.3 is 14.8 Å². The standard InChI is InChI=1S/C17H17N3O5S/c18-26(22,23)17(6-7-17)16(21)20-15-3-1-2-12(19-15)11-4-5-13-14(10-11)25-9-8-24-13/h1-5,10H,6-9H2,(H2,18,22,23)(H,19,20,21). The number of primary sulfonamides is 1. The van der Waals surface area contributed by atoms with E-state index in [0.717, 1.165) is 5.56 Å². The molecule has 2 heterocycles. The highest BCUT2D eigenvalue weighted by atomic mass is 32.2. The number of pyridine rings is 1. The topological polar surface area (TPSA) is 121 Å². The summed E-state index contributed by atoms with van der Waals surface area (Å²) in [4.78, 5) is 16.7. The number of hydrogen-bond acceptors (Lipinski definition) is 6. The van der Waals surface area contributed by atoms with Crippen LogP contribution in [-0.2, 0) is 14.8 Å². The van der Waals surface area contributed by atoms with Gasteiger partial charge in [0.1, 0.15) is 19.0 Å². The molecule has 26 heavy (non-hydrogen) atoms. The van der Waals surface area contributed by atoms with Gasteiger partial charge in [0.2, 0.25) is 15.9 Å². The number of aromatic nitrogens is 1. The van der Waals surface area contributed by atoms with Crippen LogP contribution in [0.3, 0.4) is 0 Å². The molecule has 1 aromatic heterocycles. The molecule has 0 atom stereocenters. The van der Waals surface area contributed by atoms with Crippen LogP contribution in [0.15, 0.2) is 36.4 Å². The van der Waals surface area contributed by atoms with Crippen molar-refractivity contribution >= 4 is 21.7 Å². The smallest absolute Gasteiger partial charge is 0.248 e. The third kappa shape index (κ3) is 2.89. The molecule has 2 aliphatic rings. The summed E-state index contributed by atoms with van der Waals surface area (Å²) in [5.74, 6) is 0.925. The number of nitrogens with one attached hydrogen (secondary N) is 1. The second-order valence-corrected chi connectivity index (χ2v) is 8.13. The first-order valence-electron chi connectivity index (χ1n) is 8.10. The Hall–Kier alpha value is -2.65. The van der Waals surface area contributed by atoms with Crippen molar-refractivity contribution in [1.82, 2.24) is 4.98 Å². The van der Waals surface area contributed by atoms with Crippen LogP contribution in [0.5, 0.6) is 11.5 Å². The predicted molar refractivity (Wildman–Crippen MR) is 94.4 cm³/mol. The zero-order valence-electron chi connectivity index (χ0n) is 13.8. The van der Waals surface area contributed by atoms with E-state index in [1.165, 1.54) is 0 Å². The Morgan fingerprint density at radius 1 is 1.12 bits per heavy atom. The van der Waals surface area contributed by atoms with Crippen molar-refractivity contribution < 1.29 is 22.7 Å². The molecule has 0 radical (unpaired) electrons. The van der Waals surface area contributed by atoms with Gasteiger partial charge in [-0.2, -0.15) is 0 Å². The average Bonchev–Trinajstić information content (AvgIpc) is 3.43. The maximum atomic E-state index is 12.3. The molecule has 8 nitrogen and oxygen atoms in total. The molecule has 0 saturated heterocycles. The Labute approximate surface area is 150 Å². The number of benzene rings is 1. The minimum atomic E-state index is -3.95. The number of carbonyl (C=O) groups excluding carboxylic acids is 1. The molecule has 4 rings (SSSR count). The summed E-state index contributed by atoms with van der Waals surface area (Å²) in [6.07, 6.45) is 0.443. The quantitative estimate of drug-likeness (QED) is 0.830. The molecule has 0 spiro atoms. The third-order valence-electron chi connectivity index (χ3n) is 4.49. The van der Waals surface area contributed by atoms with E-state index in [0.29, 0.717) is 30.4 Å². The molecule has 3 N–H and O–H groups in total. The molecular weight excluding hydrogens is 358 g/mol. The van der Waals surface area contributed by atoms with E-state index in [-0.39, 0.29) is 18.7 Å². The monoisotopic (exact) mass is 375 g/mol. The summed E-state index contributed by atoms with van der Waals surface area (Å²) < 4.78 is 32.8. The molecule has 1 aromatic carbocycles. The molecule has 0 unspecified atom stereocenters. The van der Waals surface area contributed by atoms with E-state index < -0.39 is 20.7 Å². The number of amides is 1. The number of rotatable bonds is 4. The van der Waals surface area contributed by atoms with Crippen LogP contribution < -0.4 is 19.9 Å². The van der Waals surface area contributed by atoms with E-state index in [2.05, 4.69) is 10.3 Å². The number of anilines is 1. The van der Waals surface area contributed by atoms with E-state index >= 15 is 0 Å². The van der Waals surface area contributed by atoms with Crippen molar-refractivity contribution in [1.29, 1.82) is 0 Å². The fraction of sp³-hybridized carbons (Fsp3) is 0.294. The Kier molecular flexibility index (Phi) is 3.85. The number of ether oxygens (including phenoxy) is 2. The number of nitrogens with two attached hydrogens (primary N) is 1. The van der Waals surface area contributed by atoms with Crippen LogP contribution in [0.25, 0.3) is 11.3 Å². The van der Waals surface area contributed by atoms with Gasteiger partial charge in [-0.3, -0.25) is 4.79 Å². The molecule has 1 amide bonds. The largest absolute Gasteiger partial charge is 0.486 e. The van der Waals surface area contributed by atoms with E-state index in [4.69, 9.17) is 14.6 Å². The van der Waals surface area contributed by atoms with Gasteiger partial charge in [-0.25, -0.2) is 18.5 Å². The molecule has 0 bridgehead atoms. The number of hydrogen-bond donors (Lipinski definition) is 2. The third-order valence-corrected chi connectivity index (χ3v) is 6.17. The van der Waals surface area contributed by atoms with Crippen molar-refractivity contribution in [3.8, 4) is 22.8 Å². The lowest BCUT2D eigenvalue weighted by atomic mass is 10.1. The first-order valence-corrected chi connectivity index (χ1v) is 9.65. The fourth-order valence-electron chi connectivity index (χ4n) is 2.85. The molecular formula is C17H17N3O5S. The lowest BCUT2D eigenvalue weighted by Crippen LogP contribution is -2.41. The lowest BCUT2D eigenvalue weighted by molar-refractivity contribution is -0.116. The molecule has 136 valence electrons. The Balaban J connectivity index is 1.59. The summed E-state index contributed by atoms with van der Waals surface area (Å²) in [5, 5.41) is 7.74. The Morgan fingerprint density at radius 2 is 1.85 bits per heavy atom. The van der Waals surface area contributed by atoms with Crippen LogP contribution in [0.4, 0.5) is 5.82 Å². The minimum absolute atomic E-state index is 0.222. The van der Waals surface area contributed by atoms with Crippen LogP contribution in [0.1, 0.15) is 12.8 Å². The van der Waals surface area contributed by atoms with Crippen molar-refractivity contribution in [3.05, 3.63) is 36.4 Å². The summed E-state index contributed by atoms with van der Waals surface area (Å²) in [7, 11) is -3.95. The zero-order valence-corrected chi connectivity index (χ0v) is 14.6. The number of carbonyl (C=O) groups is 1. The zero-order chi connectivity index (χ0) is 18.4. The van der Waals surface area contributed by atoms with Crippen LogP contribution in [0, 0.1) is 0 Å². The summed E-state index contributed by atoms with van der Waals surface area (Å²) >= 11 is 0. The van der Waals surface area contributed by atoms with Crippen LogP contribution in [-0.4, -0.2) is 37.3 Å². The van der Waals surface area contributed by atoms with Crippen molar-refractivity contribution in [2.45, 2.75) is 17.6 Å². The first-order chi connectivity index (χ1) is 12.4. The highest BCUT2D eigenvalue weighted by molar-refractivity contribution is 7.91. The van der Waals surface area contributed by atoms with Gasteiger partial charge in [-0.05, 0) is 43.2 Å². The minimum Gasteiger partial charge on any atom is -0.486 e. The normalized spacial score (nSPS) is 17.4. The summed E-state index contributed by atoms with van der Waals surface area (Å²) in [5.41, 5.74) is 1.40. The fourth-order valence-corrected chi connectivity index (χ4v) is 3.83. The number of nitrogens with zero attached hydrogens (tertiary/aromatic N) is 1. The van der Waals surface area contributed by atoms with Crippen molar-refractivity contribution in [3.63, 3.8) is 0 Å². The van der Waals surface area contributed by atoms with Gasteiger partial charge in [0.15, 0.2) is 16.2 Å². The highest BCUT2D eigenvalue weighted by Crippen LogP contribution is 2.43. The second kappa shape index (κ2) is 5.96. The van der Waals surface area contributed by atoms with E-state index in [1.54, 1.807) is 24.3 Å². The van der Waals surface area contributed by atoms with Crippen LogP contribution in [0.2, 0.25) is 0 Å². The second-order valence-electron chi connectivity index (χ2n) is 6.26. The molecule has 1 aliphatic carbocycles. The Bertz CT molecular complexity index is 986. The maximum Gasteiger partial charge on any atom is 0.248 e. The number of fused-ring (bicyclic) bond motifs is 1. The van der Waals surface area contributed by atoms with Gasteiger partial charge in [0.25, 0.3) is 0 Å². The molecule has 1 aliphatic heterocycles. The van der Waals surface area contributed by atoms with E-state index in [1.807, 2.05) is 12.1 Å². The lowest BCUT2D eigenvalue weighted by Gasteiger charge is -2.19. The van der Waals surface area contributed by atoms with Crippen LogP contribution >= 0.6 is 0 Å². The average molecular weight is 375 g/mol. The maximum absolute atomic E-state index is 12.3. The summed E-state index contributed by atoms with van der Waals surface area (Å²) in [6, 6.07) is 10.6. The summed E-state index contributed by atoms with van der Waals surface area (Å²) in [6.45, 7) is 0.994. The molecule has 2 aromatic rings. The highest BCUT2D eigenvalue weighted by Gasteiger charge is 2.59. The van der Waals surface area contributed by atoms with Gasteiger partial charge in [-0.1, -0.05) is 6.07 Å². The van der Waals surface area contributed by atoms with Gasteiger partial charge in [0.05, 0.1) is 5.69 Å². The Morgan fingerprint density at radius 3 is 2.54 bits per heavy atom. The SMILES string of the molecule is NS(=O)(=O)C1(C(=O)Nc2cccc(-c3ccc4c(c3)OCCO4)n2)CC1. The van der Waals surface area contributed by atoms with Crippen molar-refractivity contribution in [2.75, 3.05) is 18.5 Å². The predicted octanol–water partition coefficient (Wildman–Crippen LogP) is 1.28. The van der Waals surface area contributed by atoms with E-state index in [9.17, 15) is 13.2 Å². The van der Waals surface area contributed by atoms with Gasteiger partial charge in [0, 0.05) is 5.56 Å². The molecule has 1 saturated carbocycles. The first kappa shape index (κ1) is 16.8. The van der Waals surface area contributed by atoms with Crippen molar-refractivity contribution in [2.24, 2.45) is 5.14 Å². The molecule has 1 fully saturated rings. The van der Waals surface area contributed by atoms with Gasteiger partial charge in [-0.15, -0.1) is 0 Å². The van der Waals surface area contributed by atoms with Gasteiger partial charge >= 0.3 is 0 Å².